The third kappa shape index (κ3) is 1.31. The second-order valence-corrected chi connectivity index (χ2v) is 3.77. The monoisotopic (exact) mass is 197 g/mol. The van der Waals surface area contributed by atoms with Crippen LogP contribution in [0.25, 0.3) is 11.0 Å². The lowest BCUT2D eigenvalue weighted by atomic mass is 10.3. The summed E-state index contributed by atoms with van der Waals surface area (Å²) in [5, 5.41) is 0. The van der Waals surface area contributed by atoms with Gasteiger partial charge in [0.05, 0.1) is 16.6 Å². The molecule has 1 aromatic heterocycles. The Bertz CT molecular complexity index is 385. The summed E-state index contributed by atoms with van der Waals surface area (Å²) < 4.78 is 11.4. The number of nitrogens with one attached hydrogen (secondary N) is 1. The predicted octanol–water partition coefficient (Wildman–Crippen LogP) is 1.92. The first-order valence-electron chi connectivity index (χ1n) is 3.46. The van der Waals surface area contributed by atoms with Crippen molar-refractivity contribution < 1.29 is 0 Å². The molecular formula is C7H7N3S2. The van der Waals surface area contributed by atoms with Crippen LogP contribution in [0.5, 0.6) is 0 Å². The molecule has 1 aromatic carbocycles. The number of nitrogens with zero attached hydrogens (tertiary/aromatic N) is 2. The molecule has 2 aromatic rings. The highest BCUT2D eigenvalue weighted by molar-refractivity contribution is 7.97. The van der Waals surface area contributed by atoms with Crippen LogP contribution < -0.4 is 4.72 Å². The van der Waals surface area contributed by atoms with E-state index in [1.165, 1.54) is 11.7 Å². The maximum Gasteiger partial charge on any atom is 0.119 e. The summed E-state index contributed by atoms with van der Waals surface area (Å²) in [4.78, 5) is 1.13. The summed E-state index contributed by atoms with van der Waals surface area (Å²) in [5.74, 6) is 0. The van der Waals surface area contributed by atoms with Gasteiger partial charge in [0.15, 0.2) is 0 Å². The Balaban J connectivity index is 2.57. The number of hydrogen-bond acceptors (Lipinski definition) is 5. The van der Waals surface area contributed by atoms with E-state index in [4.69, 9.17) is 0 Å². The van der Waals surface area contributed by atoms with Gasteiger partial charge in [0, 0.05) is 0 Å². The zero-order valence-electron chi connectivity index (χ0n) is 6.44. The molecule has 5 heteroatoms. The zero-order chi connectivity index (χ0) is 8.39. The van der Waals surface area contributed by atoms with Crippen LogP contribution >= 0.6 is 23.7 Å². The van der Waals surface area contributed by atoms with E-state index in [2.05, 4.69) is 13.5 Å². The van der Waals surface area contributed by atoms with E-state index in [0.717, 1.165) is 15.9 Å². The van der Waals surface area contributed by atoms with E-state index < -0.39 is 0 Å². The molecule has 0 atom stereocenters. The highest BCUT2D eigenvalue weighted by Crippen LogP contribution is 2.23. The highest BCUT2D eigenvalue weighted by Gasteiger charge is 2.03. The van der Waals surface area contributed by atoms with E-state index in [0.29, 0.717) is 0 Å². The minimum atomic E-state index is 0.972. The largest absolute Gasteiger partial charge is 0.263 e. The van der Waals surface area contributed by atoms with Gasteiger partial charge in [-0.15, -0.1) is 0 Å². The third-order valence-corrected chi connectivity index (χ3v) is 2.76. The van der Waals surface area contributed by atoms with E-state index in [1.807, 2.05) is 25.2 Å². The molecule has 1 N–H and O–H groups in total. The first-order valence-corrected chi connectivity index (χ1v) is 5.01. The maximum absolute atomic E-state index is 4.21. The first kappa shape index (κ1) is 7.97. The van der Waals surface area contributed by atoms with Gasteiger partial charge in [-0.1, -0.05) is 6.07 Å². The Morgan fingerprint density at radius 2 is 2.33 bits per heavy atom. The van der Waals surface area contributed by atoms with Gasteiger partial charge in [-0.2, -0.15) is 8.75 Å². The smallest absolute Gasteiger partial charge is 0.119 e. The number of fused-ring (bicyclic) bond motifs is 1. The second-order valence-electron chi connectivity index (χ2n) is 2.19. The van der Waals surface area contributed by atoms with Crippen molar-refractivity contribution in [2.45, 2.75) is 4.90 Å². The summed E-state index contributed by atoms with van der Waals surface area (Å²) in [6.07, 6.45) is 0. The van der Waals surface area contributed by atoms with Crippen LogP contribution in [0, 0.1) is 0 Å². The molecule has 0 spiro atoms. The van der Waals surface area contributed by atoms with Gasteiger partial charge in [-0.25, -0.2) is 0 Å². The highest BCUT2D eigenvalue weighted by atomic mass is 32.2. The van der Waals surface area contributed by atoms with Crippen molar-refractivity contribution in [1.82, 2.24) is 13.5 Å². The number of rotatable bonds is 2. The van der Waals surface area contributed by atoms with Crippen LogP contribution in [0.4, 0.5) is 0 Å². The summed E-state index contributed by atoms with van der Waals surface area (Å²) >= 11 is 2.82. The van der Waals surface area contributed by atoms with Crippen molar-refractivity contribution in [3.8, 4) is 0 Å². The van der Waals surface area contributed by atoms with Crippen molar-refractivity contribution in [3.05, 3.63) is 18.2 Å². The average Bonchev–Trinajstić information content (AvgIpc) is 2.53. The molecule has 0 fully saturated rings. The molecule has 12 heavy (non-hydrogen) atoms. The van der Waals surface area contributed by atoms with E-state index >= 15 is 0 Å². The van der Waals surface area contributed by atoms with Gasteiger partial charge in [-0.05, 0) is 31.1 Å². The molecule has 0 radical (unpaired) electrons. The van der Waals surface area contributed by atoms with Crippen LogP contribution in [0.3, 0.4) is 0 Å². The van der Waals surface area contributed by atoms with E-state index in [-0.39, 0.29) is 0 Å². The molecule has 0 bridgehead atoms. The lowest BCUT2D eigenvalue weighted by Crippen LogP contribution is -1.90. The van der Waals surface area contributed by atoms with Gasteiger partial charge in [0.2, 0.25) is 0 Å². The normalized spacial score (nSPS) is 10.8. The van der Waals surface area contributed by atoms with Crippen LogP contribution in [0.1, 0.15) is 0 Å². The predicted molar refractivity (Wildman–Crippen MR) is 52.3 cm³/mol. The maximum atomic E-state index is 4.21. The van der Waals surface area contributed by atoms with Crippen molar-refractivity contribution in [3.63, 3.8) is 0 Å². The Labute approximate surface area is 78.6 Å². The molecule has 0 aliphatic rings. The van der Waals surface area contributed by atoms with Crippen molar-refractivity contribution in [2.24, 2.45) is 0 Å². The lowest BCUT2D eigenvalue weighted by molar-refractivity contribution is 1.28. The second kappa shape index (κ2) is 3.38. The van der Waals surface area contributed by atoms with Crippen molar-refractivity contribution in [2.75, 3.05) is 7.05 Å². The van der Waals surface area contributed by atoms with E-state index in [1.54, 1.807) is 11.9 Å². The topological polar surface area (TPSA) is 37.8 Å². The SMILES string of the molecule is CNSc1cccc2nsnc12. The number of benzene rings is 1. The van der Waals surface area contributed by atoms with Gasteiger partial charge in [-0.3, -0.25) is 4.72 Å². The fourth-order valence-electron chi connectivity index (χ4n) is 0.974. The summed E-state index contributed by atoms with van der Waals surface area (Å²) in [5.41, 5.74) is 1.96. The molecule has 3 nitrogen and oxygen atoms in total. The Morgan fingerprint density at radius 1 is 1.42 bits per heavy atom. The van der Waals surface area contributed by atoms with Crippen LogP contribution in [-0.2, 0) is 0 Å². The van der Waals surface area contributed by atoms with Gasteiger partial charge >= 0.3 is 0 Å². The first-order chi connectivity index (χ1) is 5.92. The summed E-state index contributed by atoms with van der Waals surface area (Å²) in [7, 11) is 1.89. The van der Waals surface area contributed by atoms with Crippen LogP contribution in [0.2, 0.25) is 0 Å². The molecule has 1 heterocycles. The lowest BCUT2D eigenvalue weighted by Gasteiger charge is -1.97. The molecule has 2 rings (SSSR count). The van der Waals surface area contributed by atoms with E-state index in [9.17, 15) is 0 Å². The minimum absolute atomic E-state index is 0.972. The Hall–Kier alpha value is -0.650. The molecular weight excluding hydrogens is 190 g/mol. The Morgan fingerprint density at radius 3 is 3.17 bits per heavy atom. The van der Waals surface area contributed by atoms with Gasteiger partial charge < -0.3 is 0 Å². The molecule has 62 valence electrons. The molecule has 0 saturated carbocycles. The quantitative estimate of drug-likeness (QED) is 0.746. The van der Waals surface area contributed by atoms with Crippen molar-refractivity contribution in [1.29, 1.82) is 0 Å². The third-order valence-electron chi connectivity index (χ3n) is 1.46. The van der Waals surface area contributed by atoms with Gasteiger partial charge in [0.1, 0.15) is 11.0 Å². The standard InChI is InChI=1S/C7H7N3S2/c1-8-11-6-4-2-3-5-7(6)10-12-9-5/h2-4,8H,1H3. The summed E-state index contributed by atoms with van der Waals surface area (Å²) in [6.45, 7) is 0. The zero-order valence-corrected chi connectivity index (χ0v) is 8.08. The average molecular weight is 197 g/mol. The summed E-state index contributed by atoms with van der Waals surface area (Å²) in [6, 6.07) is 5.99. The molecule has 0 unspecified atom stereocenters. The Kier molecular flexibility index (Phi) is 2.25. The van der Waals surface area contributed by atoms with Crippen LogP contribution in [0.15, 0.2) is 23.1 Å². The van der Waals surface area contributed by atoms with Gasteiger partial charge in [0.25, 0.3) is 0 Å². The number of aromatic nitrogens is 2. The van der Waals surface area contributed by atoms with Crippen molar-refractivity contribution >= 4 is 34.7 Å². The number of hydrogen-bond donors (Lipinski definition) is 1. The molecule has 0 saturated heterocycles. The molecule has 0 aliphatic carbocycles. The minimum Gasteiger partial charge on any atom is -0.263 e. The fraction of sp³-hybridized carbons (Fsp3) is 0.143. The molecule has 0 amide bonds. The van der Waals surface area contributed by atoms with Crippen LogP contribution in [-0.4, -0.2) is 15.8 Å². The fourth-order valence-corrected chi connectivity index (χ4v) is 2.19. The molecule has 0 aliphatic heterocycles.